The zero-order valence-corrected chi connectivity index (χ0v) is 14.8. The molecule has 0 aliphatic heterocycles. The Morgan fingerprint density at radius 1 is 1.09 bits per heavy atom. The molecule has 1 atom stereocenters. The number of benzene rings is 2. The van der Waals surface area contributed by atoms with E-state index >= 15 is 0 Å². The smallest absolute Gasteiger partial charge is 0.171 e. The largest absolute Gasteiger partial charge is 0.356 e. The average molecular weight is 353 g/mol. The lowest BCUT2D eigenvalue weighted by molar-refractivity contribution is 0.722. The molecule has 116 valence electrons. The molecular formula is C17H18Cl2N2S. The molecule has 0 aliphatic rings. The predicted octanol–water partition coefficient (Wildman–Crippen LogP) is 5.60. The van der Waals surface area contributed by atoms with E-state index in [0.29, 0.717) is 15.2 Å². The summed E-state index contributed by atoms with van der Waals surface area (Å²) in [5.41, 5.74) is 3.28. The fraction of sp³-hybridized carbons (Fsp3) is 0.235. The molecule has 0 aliphatic carbocycles. The van der Waals surface area contributed by atoms with Gasteiger partial charge in [-0.1, -0.05) is 54.4 Å². The monoisotopic (exact) mass is 352 g/mol. The molecule has 0 radical (unpaired) electrons. The Morgan fingerprint density at radius 2 is 1.68 bits per heavy atom. The molecular weight excluding hydrogens is 335 g/mol. The lowest BCUT2D eigenvalue weighted by Gasteiger charge is -2.18. The fourth-order valence-electron chi connectivity index (χ4n) is 2.12. The summed E-state index contributed by atoms with van der Waals surface area (Å²) < 4.78 is 0. The van der Waals surface area contributed by atoms with Gasteiger partial charge in [-0.25, -0.2) is 0 Å². The first kappa shape index (κ1) is 17.1. The van der Waals surface area contributed by atoms with E-state index in [1.54, 1.807) is 18.2 Å². The van der Waals surface area contributed by atoms with E-state index in [4.69, 9.17) is 35.4 Å². The second kappa shape index (κ2) is 7.82. The summed E-state index contributed by atoms with van der Waals surface area (Å²) in [6, 6.07) is 13.9. The van der Waals surface area contributed by atoms with Gasteiger partial charge in [0, 0.05) is 15.7 Å². The number of anilines is 1. The van der Waals surface area contributed by atoms with Crippen LogP contribution < -0.4 is 10.6 Å². The fourth-order valence-corrected chi connectivity index (χ4v) is 2.94. The second-order valence-corrected chi connectivity index (χ2v) is 6.35. The number of nitrogens with one attached hydrogen (secondary N) is 2. The summed E-state index contributed by atoms with van der Waals surface area (Å²) in [6.07, 6.45) is 1.04. The third-order valence-electron chi connectivity index (χ3n) is 3.36. The van der Waals surface area contributed by atoms with E-state index in [9.17, 15) is 0 Å². The van der Waals surface area contributed by atoms with Gasteiger partial charge < -0.3 is 10.6 Å². The maximum atomic E-state index is 5.98. The summed E-state index contributed by atoms with van der Waals surface area (Å²) in [6.45, 7) is 4.21. The highest BCUT2D eigenvalue weighted by molar-refractivity contribution is 7.80. The van der Waals surface area contributed by atoms with Gasteiger partial charge in [-0.05, 0) is 54.9 Å². The molecule has 0 heterocycles. The number of rotatable bonds is 4. The highest BCUT2D eigenvalue weighted by Crippen LogP contribution is 2.22. The SMILES string of the molecule is CCc1ccc(C(C)NC(=S)Nc2cc(Cl)cc(Cl)c2)cc1. The van der Waals surface area contributed by atoms with Crippen molar-refractivity contribution in [2.45, 2.75) is 26.3 Å². The maximum absolute atomic E-state index is 5.98. The lowest BCUT2D eigenvalue weighted by Crippen LogP contribution is -2.30. The number of hydrogen-bond acceptors (Lipinski definition) is 1. The predicted molar refractivity (Wildman–Crippen MR) is 100 cm³/mol. The summed E-state index contributed by atoms with van der Waals surface area (Å²) in [4.78, 5) is 0. The summed E-state index contributed by atoms with van der Waals surface area (Å²) in [5.74, 6) is 0. The van der Waals surface area contributed by atoms with Crippen molar-refractivity contribution in [1.29, 1.82) is 0 Å². The Labute approximate surface area is 146 Å². The van der Waals surface area contributed by atoms with Crippen LogP contribution in [0.5, 0.6) is 0 Å². The van der Waals surface area contributed by atoms with Crippen molar-refractivity contribution in [3.8, 4) is 0 Å². The van der Waals surface area contributed by atoms with Crippen LogP contribution in [0.4, 0.5) is 5.69 Å². The minimum Gasteiger partial charge on any atom is -0.356 e. The first-order chi connectivity index (χ1) is 10.5. The molecule has 22 heavy (non-hydrogen) atoms. The molecule has 5 heteroatoms. The number of halogens is 2. The zero-order valence-electron chi connectivity index (χ0n) is 12.5. The molecule has 0 aromatic heterocycles. The first-order valence-corrected chi connectivity index (χ1v) is 8.27. The Bertz CT molecular complexity index is 636. The van der Waals surface area contributed by atoms with Gasteiger partial charge in [0.05, 0.1) is 6.04 Å². The summed E-state index contributed by atoms with van der Waals surface area (Å²) in [7, 11) is 0. The topological polar surface area (TPSA) is 24.1 Å². The van der Waals surface area contributed by atoms with E-state index in [1.807, 2.05) is 0 Å². The normalized spacial score (nSPS) is 11.8. The van der Waals surface area contributed by atoms with Crippen molar-refractivity contribution in [3.05, 3.63) is 63.6 Å². The van der Waals surface area contributed by atoms with Gasteiger partial charge in [0.2, 0.25) is 0 Å². The molecule has 1 unspecified atom stereocenters. The molecule has 2 N–H and O–H groups in total. The van der Waals surface area contributed by atoms with Gasteiger partial charge in [0.1, 0.15) is 0 Å². The van der Waals surface area contributed by atoms with Crippen LogP contribution in [0.25, 0.3) is 0 Å². The Hall–Kier alpha value is -1.29. The zero-order chi connectivity index (χ0) is 16.1. The molecule has 0 fully saturated rings. The third-order valence-corrected chi connectivity index (χ3v) is 4.01. The second-order valence-electron chi connectivity index (χ2n) is 5.07. The molecule has 2 rings (SSSR count). The Kier molecular flexibility index (Phi) is 6.07. The number of aryl methyl sites for hydroxylation is 1. The van der Waals surface area contributed by atoms with Gasteiger partial charge >= 0.3 is 0 Å². The Balaban J connectivity index is 1.98. The van der Waals surface area contributed by atoms with E-state index in [-0.39, 0.29) is 6.04 Å². The highest BCUT2D eigenvalue weighted by atomic mass is 35.5. The van der Waals surface area contributed by atoms with Crippen molar-refractivity contribution in [3.63, 3.8) is 0 Å². The van der Waals surface area contributed by atoms with Gasteiger partial charge in [0.25, 0.3) is 0 Å². The molecule has 0 saturated carbocycles. The van der Waals surface area contributed by atoms with Crippen LogP contribution in [0, 0.1) is 0 Å². The quantitative estimate of drug-likeness (QED) is 0.699. The first-order valence-electron chi connectivity index (χ1n) is 7.10. The number of hydrogen-bond donors (Lipinski definition) is 2. The minimum absolute atomic E-state index is 0.112. The molecule has 0 amide bonds. The highest BCUT2D eigenvalue weighted by Gasteiger charge is 2.08. The molecule has 2 nitrogen and oxygen atoms in total. The van der Waals surface area contributed by atoms with Gasteiger partial charge in [-0.3, -0.25) is 0 Å². The molecule has 2 aromatic carbocycles. The Morgan fingerprint density at radius 3 is 2.23 bits per heavy atom. The van der Waals surface area contributed by atoms with E-state index < -0.39 is 0 Å². The molecule has 0 bridgehead atoms. The van der Waals surface area contributed by atoms with Crippen LogP contribution in [-0.4, -0.2) is 5.11 Å². The van der Waals surface area contributed by atoms with Crippen LogP contribution in [-0.2, 0) is 6.42 Å². The molecule has 0 saturated heterocycles. The lowest BCUT2D eigenvalue weighted by atomic mass is 10.1. The van der Waals surface area contributed by atoms with Crippen molar-refractivity contribution in [2.75, 3.05) is 5.32 Å². The van der Waals surface area contributed by atoms with Crippen LogP contribution >= 0.6 is 35.4 Å². The minimum atomic E-state index is 0.112. The van der Waals surface area contributed by atoms with Crippen molar-refractivity contribution in [1.82, 2.24) is 5.32 Å². The van der Waals surface area contributed by atoms with Gasteiger partial charge in [-0.15, -0.1) is 0 Å². The summed E-state index contributed by atoms with van der Waals surface area (Å²) in [5, 5.41) is 8.03. The molecule has 0 spiro atoms. The van der Waals surface area contributed by atoms with Crippen LogP contribution in [0.1, 0.15) is 31.0 Å². The van der Waals surface area contributed by atoms with E-state index in [0.717, 1.165) is 12.1 Å². The van der Waals surface area contributed by atoms with Crippen molar-refractivity contribution in [2.24, 2.45) is 0 Å². The van der Waals surface area contributed by atoms with Gasteiger partial charge in [0.15, 0.2) is 5.11 Å². The van der Waals surface area contributed by atoms with Crippen molar-refractivity contribution < 1.29 is 0 Å². The molecule has 2 aromatic rings. The summed E-state index contributed by atoms with van der Waals surface area (Å²) >= 11 is 17.3. The van der Waals surface area contributed by atoms with Crippen LogP contribution in [0.2, 0.25) is 10.0 Å². The maximum Gasteiger partial charge on any atom is 0.171 e. The average Bonchev–Trinajstić information content (AvgIpc) is 2.46. The van der Waals surface area contributed by atoms with E-state index in [1.165, 1.54) is 11.1 Å². The standard InChI is InChI=1S/C17H18Cl2N2S/c1-3-12-4-6-13(7-5-12)11(2)20-17(22)21-16-9-14(18)8-15(19)10-16/h4-11H,3H2,1-2H3,(H2,20,21,22). The van der Waals surface area contributed by atoms with E-state index in [2.05, 4.69) is 48.7 Å². The van der Waals surface area contributed by atoms with Gasteiger partial charge in [-0.2, -0.15) is 0 Å². The third kappa shape index (κ3) is 4.87. The number of thiocarbonyl (C=S) groups is 1. The van der Waals surface area contributed by atoms with Crippen LogP contribution in [0.15, 0.2) is 42.5 Å². The van der Waals surface area contributed by atoms with Crippen LogP contribution in [0.3, 0.4) is 0 Å². The van der Waals surface area contributed by atoms with Crippen molar-refractivity contribution >= 4 is 46.2 Å².